The number of benzene rings is 3. The summed E-state index contributed by atoms with van der Waals surface area (Å²) >= 11 is 0. The molecule has 1 heterocycles. The van der Waals surface area contributed by atoms with E-state index in [9.17, 15) is 27.9 Å². The van der Waals surface area contributed by atoms with E-state index in [0.29, 0.717) is 25.4 Å². The van der Waals surface area contributed by atoms with Crippen LogP contribution in [0.4, 0.5) is 18.9 Å². The quantitative estimate of drug-likeness (QED) is 0.300. The number of nitrogens with zero attached hydrogens (tertiary/aromatic N) is 2. The maximum atomic E-state index is 13.6. The van der Waals surface area contributed by atoms with Crippen molar-refractivity contribution in [2.75, 3.05) is 32.1 Å². The van der Waals surface area contributed by atoms with Gasteiger partial charge in [0, 0.05) is 37.7 Å². The van der Waals surface area contributed by atoms with E-state index in [1.165, 1.54) is 12.1 Å². The maximum Gasteiger partial charge on any atom is 0.389 e. The van der Waals surface area contributed by atoms with Gasteiger partial charge in [0.05, 0.1) is 24.6 Å². The number of fused-ring (bicyclic) bond motifs is 1. The van der Waals surface area contributed by atoms with Crippen LogP contribution >= 0.6 is 0 Å². The van der Waals surface area contributed by atoms with Crippen LogP contribution in [-0.2, 0) is 11.3 Å². The Balaban J connectivity index is 1.51. The summed E-state index contributed by atoms with van der Waals surface area (Å²) in [5.74, 6) is -0.969. The van der Waals surface area contributed by atoms with Gasteiger partial charge in [0.25, 0.3) is 5.91 Å². The summed E-state index contributed by atoms with van der Waals surface area (Å²) in [6.45, 7) is 5.05. The van der Waals surface area contributed by atoms with E-state index in [1.807, 2.05) is 32.2 Å². The fourth-order valence-electron chi connectivity index (χ4n) is 5.11. The first kappa shape index (κ1) is 32.0. The first-order valence-corrected chi connectivity index (χ1v) is 14.4. The Morgan fingerprint density at radius 2 is 1.77 bits per heavy atom. The number of ether oxygens (including phenoxy) is 1. The van der Waals surface area contributed by atoms with Gasteiger partial charge < -0.3 is 20.1 Å². The molecule has 0 aliphatic carbocycles. The topological polar surface area (TPSA) is 82.1 Å². The molecule has 4 rings (SSSR count). The number of rotatable bonds is 10. The van der Waals surface area contributed by atoms with Crippen molar-refractivity contribution < 1.29 is 32.6 Å². The molecule has 0 bridgehead atoms. The van der Waals surface area contributed by atoms with Gasteiger partial charge in [-0.2, -0.15) is 13.2 Å². The van der Waals surface area contributed by atoms with E-state index >= 15 is 0 Å². The number of alkyl halides is 3. The van der Waals surface area contributed by atoms with Crippen molar-refractivity contribution in [3.8, 4) is 16.9 Å². The van der Waals surface area contributed by atoms with Gasteiger partial charge in [0.1, 0.15) is 11.9 Å². The van der Waals surface area contributed by atoms with E-state index in [-0.39, 0.29) is 35.8 Å². The third kappa shape index (κ3) is 8.81. The first-order valence-electron chi connectivity index (χ1n) is 14.4. The lowest BCUT2D eigenvalue weighted by molar-refractivity contribution is -0.142. The Labute approximate surface area is 250 Å². The van der Waals surface area contributed by atoms with Gasteiger partial charge in [-0.05, 0) is 48.9 Å². The molecule has 43 heavy (non-hydrogen) atoms. The number of aliphatic hydroxyl groups excluding tert-OH is 1. The van der Waals surface area contributed by atoms with Crippen molar-refractivity contribution in [2.24, 2.45) is 5.92 Å². The van der Waals surface area contributed by atoms with Crippen molar-refractivity contribution in [1.82, 2.24) is 9.80 Å². The number of hydrogen-bond acceptors (Lipinski definition) is 5. The first-order chi connectivity index (χ1) is 20.4. The summed E-state index contributed by atoms with van der Waals surface area (Å²) in [7, 11) is 2.00. The van der Waals surface area contributed by atoms with Crippen LogP contribution in [0.15, 0.2) is 72.8 Å². The van der Waals surface area contributed by atoms with Crippen LogP contribution in [0, 0.1) is 5.92 Å². The van der Waals surface area contributed by atoms with Crippen molar-refractivity contribution in [3.05, 3.63) is 83.9 Å². The molecular weight excluding hydrogens is 559 g/mol. The van der Waals surface area contributed by atoms with E-state index < -0.39 is 31.0 Å². The number of aliphatic hydroxyl groups is 1. The summed E-state index contributed by atoms with van der Waals surface area (Å²) in [4.78, 5) is 29.5. The average Bonchev–Trinajstić information content (AvgIpc) is 2.98. The van der Waals surface area contributed by atoms with Crippen LogP contribution in [0.1, 0.15) is 42.6 Å². The van der Waals surface area contributed by atoms with E-state index in [0.717, 1.165) is 16.7 Å². The molecule has 0 aromatic heterocycles. The van der Waals surface area contributed by atoms with Crippen LogP contribution in [-0.4, -0.2) is 71.8 Å². The molecule has 0 fully saturated rings. The Kier molecular flexibility index (Phi) is 10.5. The highest BCUT2D eigenvalue weighted by molar-refractivity contribution is 5.99. The highest BCUT2D eigenvalue weighted by Crippen LogP contribution is 2.31. The van der Waals surface area contributed by atoms with Crippen molar-refractivity contribution in [2.45, 2.75) is 51.6 Å². The molecule has 3 atom stereocenters. The minimum absolute atomic E-state index is 0.0873. The fraction of sp³-hybridized carbons (Fsp3) is 0.394. The zero-order valence-corrected chi connectivity index (χ0v) is 24.6. The van der Waals surface area contributed by atoms with Crippen LogP contribution < -0.4 is 10.1 Å². The Hall–Kier alpha value is -3.89. The molecule has 0 saturated heterocycles. The number of nitrogens with one attached hydrogen (secondary N) is 1. The van der Waals surface area contributed by atoms with Crippen LogP contribution in [0.25, 0.3) is 11.1 Å². The molecule has 1 aliphatic rings. The van der Waals surface area contributed by atoms with Gasteiger partial charge in [-0.25, -0.2) is 0 Å². The summed E-state index contributed by atoms with van der Waals surface area (Å²) < 4.78 is 44.1. The third-order valence-electron chi connectivity index (χ3n) is 7.59. The second-order valence-electron chi connectivity index (χ2n) is 11.3. The lowest BCUT2D eigenvalue weighted by Gasteiger charge is -2.38. The summed E-state index contributed by atoms with van der Waals surface area (Å²) in [5.41, 5.74) is 3.79. The SMILES string of the molecule is C[C@H]1CN([C@@H](C)CO)C(=O)c2cc(NC(=O)CCC(F)(F)F)ccc2O[C@H]1CN(C)Cc1ccc(-c2ccccc2)cc1. The number of halogens is 3. The smallest absolute Gasteiger partial charge is 0.389 e. The standard InChI is InChI=1S/C33H38F3N3O4/c1-22-18-39(23(2)21-40)32(42)28-17-27(37-31(41)15-16-33(34,35)36)13-14-29(28)43-30(22)20-38(3)19-24-9-11-26(12-10-24)25-7-5-4-6-8-25/h4-14,17,22-23,30,40H,15-16,18-21H2,1-3H3,(H,37,41)/t22-,23-,30-/m0/s1. The normalized spacial score (nSPS) is 18.0. The minimum Gasteiger partial charge on any atom is -0.488 e. The second-order valence-corrected chi connectivity index (χ2v) is 11.3. The Morgan fingerprint density at radius 1 is 1.09 bits per heavy atom. The molecule has 3 aromatic rings. The largest absolute Gasteiger partial charge is 0.488 e. The molecule has 0 spiro atoms. The molecule has 3 aromatic carbocycles. The number of carbonyl (C=O) groups is 2. The molecule has 0 saturated carbocycles. The number of anilines is 1. The molecule has 10 heteroatoms. The van der Waals surface area contributed by atoms with Gasteiger partial charge in [-0.1, -0.05) is 61.5 Å². The summed E-state index contributed by atoms with van der Waals surface area (Å²) in [6.07, 6.45) is -6.73. The lowest BCUT2D eigenvalue weighted by atomic mass is 9.99. The number of amides is 2. The third-order valence-corrected chi connectivity index (χ3v) is 7.59. The van der Waals surface area contributed by atoms with Crippen LogP contribution in [0.5, 0.6) is 5.75 Å². The predicted molar refractivity (Wildman–Crippen MR) is 160 cm³/mol. The van der Waals surface area contributed by atoms with E-state index in [4.69, 9.17) is 4.74 Å². The van der Waals surface area contributed by atoms with Gasteiger partial charge >= 0.3 is 6.18 Å². The van der Waals surface area contributed by atoms with E-state index in [1.54, 1.807) is 17.9 Å². The van der Waals surface area contributed by atoms with Gasteiger partial charge in [-0.15, -0.1) is 0 Å². The van der Waals surface area contributed by atoms with Gasteiger partial charge in [-0.3, -0.25) is 14.5 Å². The zero-order valence-electron chi connectivity index (χ0n) is 24.6. The predicted octanol–water partition coefficient (Wildman–Crippen LogP) is 5.99. The fourth-order valence-corrected chi connectivity index (χ4v) is 5.11. The average molecular weight is 598 g/mol. The molecule has 2 N–H and O–H groups in total. The zero-order chi connectivity index (χ0) is 31.1. The highest BCUT2D eigenvalue weighted by atomic mass is 19.4. The highest BCUT2D eigenvalue weighted by Gasteiger charge is 2.34. The number of likely N-dealkylation sites (N-methyl/N-ethyl adjacent to an activating group) is 1. The van der Waals surface area contributed by atoms with Gasteiger partial charge in [0.15, 0.2) is 0 Å². The summed E-state index contributed by atoms with van der Waals surface area (Å²) in [6, 6.07) is 22.6. The van der Waals surface area contributed by atoms with Crippen LogP contribution in [0.2, 0.25) is 0 Å². The van der Waals surface area contributed by atoms with Crippen molar-refractivity contribution >= 4 is 17.5 Å². The molecule has 230 valence electrons. The molecule has 7 nitrogen and oxygen atoms in total. The van der Waals surface area contributed by atoms with Crippen molar-refractivity contribution in [3.63, 3.8) is 0 Å². The summed E-state index contributed by atoms with van der Waals surface area (Å²) in [5, 5.41) is 12.3. The molecular formula is C33H38F3N3O4. The Bertz CT molecular complexity index is 1380. The molecule has 2 amide bonds. The van der Waals surface area contributed by atoms with Gasteiger partial charge in [0.2, 0.25) is 5.91 Å². The van der Waals surface area contributed by atoms with E-state index in [2.05, 4.69) is 46.6 Å². The number of hydrogen-bond donors (Lipinski definition) is 2. The Morgan fingerprint density at radius 3 is 2.42 bits per heavy atom. The number of carbonyl (C=O) groups excluding carboxylic acids is 2. The van der Waals surface area contributed by atoms with Crippen LogP contribution in [0.3, 0.4) is 0 Å². The second kappa shape index (κ2) is 14.1. The maximum absolute atomic E-state index is 13.6. The molecule has 0 radical (unpaired) electrons. The lowest BCUT2D eigenvalue weighted by Crippen LogP contribution is -2.49. The monoisotopic (exact) mass is 597 g/mol. The molecule has 0 unspecified atom stereocenters. The minimum atomic E-state index is -4.45. The van der Waals surface area contributed by atoms with Crippen molar-refractivity contribution in [1.29, 1.82) is 0 Å². The molecule has 1 aliphatic heterocycles.